The topological polar surface area (TPSA) is 70.3 Å². The fourth-order valence-electron chi connectivity index (χ4n) is 1.48. The molecule has 0 unspecified atom stereocenters. The first-order valence-corrected chi connectivity index (χ1v) is 6.08. The summed E-state index contributed by atoms with van der Waals surface area (Å²) in [5.41, 5.74) is 7.40. The second-order valence-corrected chi connectivity index (χ2v) is 4.48. The van der Waals surface area contributed by atoms with Gasteiger partial charge in [-0.25, -0.2) is 0 Å². The van der Waals surface area contributed by atoms with E-state index in [2.05, 4.69) is 9.97 Å². The normalized spacial score (nSPS) is 10.5. The third kappa shape index (κ3) is 3.34. The van der Waals surface area contributed by atoms with Crippen LogP contribution in [0.3, 0.4) is 0 Å². The average molecular weight is 259 g/mol. The molecule has 100 valence electrons. The van der Waals surface area contributed by atoms with Crippen LogP contribution in [0.15, 0.2) is 30.6 Å². The van der Waals surface area contributed by atoms with Crippen molar-refractivity contribution in [1.82, 2.24) is 9.97 Å². The number of aromatic nitrogens is 2. The van der Waals surface area contributed by atoms with Gasteiger partial charge in [-0.05, 0) is 32.9 Å². The Hall–Kier alpha value is -2.30. The van der Waals surface area contributed by atoms with Gasteiger partial charge in [0.05, 0.1) is 6.10 Å². The number of aryl methyl sites for hydroxylation is 1. The first-order chi connectivity index (χ1) is 9.06. The fraction of sp³-hybridized carbons (Fsp3) is 0.286. The quantitative estimate of drug-likeness (QED) is 0.914. The summed E-state index contributed by atoms with van der Waals surface area (Å²) in [5.74, 6) is 1.31. The lowest BCUT2D eigenvalue weighted by molar-refractivity contribution is 0.233. The summed E-state index contributed by atoms with van der Waals surface area (Å²) in [6.45, 7) is 5.82. The number of nitrogens with two attached hydrogens (primary N) is 1. The van der Waals surface area contributed by atoms with Crippen molar-refractivity contribution in [2.24, 2.45) is 0 Å². The third-order valence-corrected chi connectivity index (χ3v) is 2.39. The van der Waals surface area contributed by atoms with Crippen LogP contribution in [0.25, 0.3) is 0 Å². The number of nitrogens with zero attached hydrogens (tertiary/aromatic N) is 2. The van der Waals surface area contributed by atoms with Crippen LogP contribution in [0.4, 0.5) is 5.69 Å². The molecule has 5 nitrogen and oxygen atoms in total. The van der Waals surface area contributed by atoms with Gasteiger partial charge in [0, 0.05) is 0 Å². The highest BCUT2D eigenvalue weighted by Crippen LogP contribution is 2.30. The summed E-state index contributed by atoms with van der Waals surface area (Å²) >= 11 is 0. The SMILES string of the molecule is Cc1ccc(Oc2ncnc(OC(C)C)c2N)cc1. The Morgan fingerprint density at radius 2 is 1.68 bits per heavy atom. The summed E-state index contributed by atoms with van der Waals surface area (Å²) in [6, 6.07) is 7.64. The number of nitrogen functional groups attached to an aromatic ring is 1. The summed E-state index contributed by atoms with van der Waals surface area (Å²) < 4.78 is 11.1. The number of anilines is 1. The Morgan fingerprint density at radius 1 is 1.05 bits per heavy atom. The average Bonchev–Trinajstić information content (AvgIpc) is 2.36. The van der Waals surface area contributed by atoms with Gasteiger partial charge in [0.25, 0.3) is 0 Å². The number of hydrogen-bond donors (Lipinski definition) is 1. The smallest absolute Gasteiger partial charge is 0.249 e. The molecule has 1 heterocycles. The molecular formula is C14H17N3O2. The van der Waals surface area contributed by atoms with Crippen molar-refractivity contribution >= 4 is 5.69 Å². The van der Waals surface area contributed by atoms with Crippen LogP contribution in [-0.2, 0) is 0 Å². The summed E-state index contributed by atoms with van der Waals surface area (Å²) in [5, 5.41) is 0. The molecule has 0 saturated carbocycles. The number of ether oxygens (including phenoxy) is 2. The second kappa shape index (κ2) is 5.56. The van der Waals surface area contributed by atoms with E-state index in [1.165, 1.54) is 6.33 Å². The largest absolute Gasteiger partial charge is 0.473 e. The fourth-order valence-corrected chi connectivity index (χ4v) is 1.48. The van der Waals surface area contributed by atoms with Crippen LogP contribution in [-0.4, -0.2) is 16.1 Å². The van der Waals surface area contributed by atoms with E-state index in [9.17, 15) is 0 Å². The zero-order chi connectivity index (χ0) is 13.8. The van der Waals surface area contributed by atoms with Gasteiger partial charge in [0.15, 0.2) is 5.69 Å². The minimum Gasteiger partial charge on any atom is -0.473 e. The van der Waals surface area contributed by atoms with E-state index < -0.39 is 0 Å². The minimum atomic E-state index is -0.00979. The molecule has 2 aromatic rings. The predicted octanol–water partition coefficient (Wildman–Crippen LogP) is 2.95. The van der Waals surface area contributed by atoms with Gasteiger partial charge in [-0.15, -0.1) is 0 Å². The first-order valence-electron chi connectivity index (χ1n) is 6.08. The summed E-state index contributed by atoms with van der Waals surface area (Å²) in [6.07, 6.45) is 1.36. The molecular weight excluding hydrogens is 242 g/mol. The van der Waals surface area contributed by atoms with E-state index >= 15 is 0 Å². The molecule has 0 aliphatic carbocycles. The van der Waals surface area contributed by atoms with Crippen molar-refractivity contribution in [2.45, 2.75) is 26.9 Å². The molecule has 0 spiro atoms. The number of benzene rings is 1. The molecule has 2 N–H and O–H groups in total. The van der Waals surface area contributed by atoms with Crippen LogP contribution in [0.2, 0.25) is 0 Å². The van der Waals surface area contributed by atoms with Gasteiger partial charge in [-0.2, -0.15) is 9.97 Å². The predicted molar refractivity (Wildman–Crippen MR) is 73.5 cm³/mol. The molecule has 1 aromatic heterocycles. The Kier molecular flexibility index (Phi) is 3.85. The zero-order valence-corrected chi connectivity index (χ0v) is 11.3. The van der Waals surface area contributed by atoms with E-state index in [-0.39, 0.29) is 6.10 Å². The molecule has 0 bridgehead atoms. The van der Waals surface area contributed by atoms with E-state index in [1.54, 1.807) is 0 Å². The lowest BCUT2D eigenvalue weighted by atomic mass is 10.2. The van der Waals surface area contributed by atoms with E-state index in [1.807, 2.05) is 45.0 Å². The second-order valence-electron chi connectivity index (χ2n) is 4.48. The molecule has 0 aliphatic rings. The van der Waals surface area contributed by atoms with E-state index in [0.29, 0.717) is 23.2 Å². The summed E-state index contributed by atoms with van der Waals surface area (Å²) in [4.78, 5) is 8.02. The summed E-state index contributed by atoms with van der Waals surface area (Å²) in [7, 11) is 0. The van der Waals surface area contributed by atoms with Gasteiger partial charge in [-0.1, -0.05) is 17.7 Å². The molecule has 5 heteroatoms. The number of rotatable bonds is 4. The molecule has 0 atom stereocenters. The van der Waals surface area contributed by atoms with Crippen molar-refractivity contribution in [2.75, 3.05) is 5.73 Å². The molecule has 0 fully saturated rings. The molecule has 0 radical (unpaired) electrons. The van der Waals surface area contributed by atoms with E-state index in [0.717, 1.165) is 5.56 Å². The zero-order valence-electron chi connectivity index (χ0n) is 11.3. The standard InChI is InChI=1S/C14H17N3O2/c1-9(2)18-13-12(15)14(17-8-16-13)19-11-6-4-10(3)5-7-11/h4-9H,15H2,1-3H3. The highest BCUT2D eigenvalue weighted by Gasteiger charge is 2.12. The van der Waals surface area contributed by atoms with Gasteiger partial charge < -0.3 is 15.2 Å². The maximum Gasteiger partial charge on any atom is 0.249 e. The van der Waals surface area contributed by atoms with Gasteiger partial charge in [-0.3, -0.25) is 0 Å². The Labute approximate surface area is 112 Å². The lowest BCUT2D eigenvalue weighted by Crippen LogP contribution is -2.10. The molecule has 19 heavy (non-hydrogen) atoms. The molecule has 0 saturated heterocycles. The van der Waals surface area contributed by atoms with Crippen LogP contribution in [0.1, 0.15) is 19.4 Å². The molecule has 0 aliphatic heterocycles. The molecule has 0 amide bonds. The van der Waals surface area contributed by atoms with Crippen molar-refractivity contribution in [3.05, 3.63) is 36.2 Å². The Balaban J connectivity index is 2.23. The van der Waals surface area contributed by atoms with Crippen molar-refractivity contribution in [3.8, 4) is 17.5 Å². The molecule has 1 aromatic carbocycles. The van der Waals surface area contributed by atoms with Crippen LogP contribution in [0, 0.1) is 6.92 Å². The van der Waals surface area contributed by atoms with Crippen LogP contribution >= 0.6 is 0 Å². The maximum absolute atomic E-state index is 5.93. The van der Waals surface area contributed by atoms with Crippen LogP contribution < -0.4 is 15.2 Å². The van der Waals surface area contributed by atoms with Gasteiger partial charge >= 0.3 is 0 Å². The Morgan fingerprint density at radius 3 is 2.32 bits per heavy atom. The third-order valence-electron chi connectivity index (χ3n) is 2.39. The lowest BCUT2D eigenvalue weighted by Gasteiger charge is -2.13. The molecule has 2 rings (SSSR count). The van der Waals surface area contributed by atoms with E-state index in [4.69, 9.17) is 15.2 Å². The van der Waals surface area contributed by atoms with Gasteiger partial charge in [0.1, 0.15) is 12.1 Å². The highest BCUT2D eigenvalue weighted by molar-refractivity contribution is 5.56. The monoisotopic (exact) mass is 259 g/mol. The van der Waals surface area contributed by atoms with Gasteiger partial charge in [0.2, 0.25) is 11.8 Å². The Bertz CT molecular complexity index is 553. The van der Waals surface area contributed by atoms with Crippen molar-refractivity contribution in [1.29, 1.82) is 0 Å². The van der Waals surface area contributed by atoms with Crippen molar-refractivity contribution < 1.29 is 9.47 Å². The van der Waals surface area contributed by atoms with Crippen molar-refractivity contribution in [3.63, 3.8) is 0 Å². The minimum absolute atomic E-state index is 0.00979. The first kappa shape index (κ1) is 13.1. The van der Waals surface area contributed by atoms with Crippen LogP contribution in [0.5, 0.6) is 17.5 Å². The maximum atomic E-state index is 5.93. The highest BCUT2D eigenvalue weighted by atomic mass is 16.5. The number of hydrogen-bond acceptors (Lipinski definition) is 5.